The van der Waals surface area contributed by atoms with Crippen molar-refractivity contribution >= 4 is 38.6 Å². The van der Waals surface area contributed by atoms with Crippen molar-refractivity contribution in [2.45, 2.75) is 43.5 Å². The maximum absolute atomic E-state index is 14.8. The van der Waals surface area contributed by atoms with Crippen molar-refractivity contribution in [3.8, 4) is 0 Å². The number of aromatic nitrogens is 4. The van der Waals surface area contributed by atoms with Gasteiger partial charge in [-0.25, -0.2) is 18.5 Å². The first-order valence-electron chi connectivity index (χ1n) is 8.92. The summed E-state index contributed by atoms with van der Waals surface area (Å²) in [5.41, 5.74) is 6.18. The molecule has 2 aliphatic rings. The molecule has 3 heterocycles. The van der Waals surface area contributed by atoms with Gasteiger partial charge in [-0.1, -0.05) is 0 Å². The lowest BCUT2D eigenvalue weighted by Crippen LogP contribution is -2.31. The molecular weight excluding hydrogens is 465 g/mol. The van der Waals surface area contributed by atoms with Gasteiger partial charge in [0.25, 0.3) is 0 Å². The summed E-state index contributed by atoms with van der Waals surface area (Å²) in [7, 11) is -10.5. The molecule has 18 heteroatoms. The summed E-state index contributed by atoms with van der Waals surface area (Å²) in [5, 5.41) is 13.3. The lowest BCUT2D eigenvalue weighted by molar-refractivity contribution is -0.0450. The SMILES string of the molecule is Nc1nc(NC2CC2)c2ncn([C@@H]3O[C@H](COP(=O)(O)OP(=O)(O)O)[C@@H](O)[C@@H]3F)c2n1. The van der Waals surface area contributed by atoms with Gasteiger partial charge >= 0.3 is 15.6 Å². The van der Waals surface area contributed by atoms with E-state index in [2.05, 4.69) is 29.1 Å². The van der Waals surface area contributed by atoms with Crippen molar-refractivity contribution in [2.24, 2.45) is 0 Å². The van der Waals surface area contributed by atoms with Crippen LogP contribution in [0.2, 0.25) is 0 Å². The Hall–Kier alpha value is -1.74. The van der Waals surface area contributed by atoms with Gasteiger partial charge in [0, 0.05) is 6.04 Å². The molecule has 0 radical (unpaired) electrons. The number of imidazole rings is 1. The largest absolute Gasteiger partial charge is 0.481 e. The number of nitrogen functional groups attached to an aromatic ring is 1. The third-order valence-corrected chi connectivity index (χ3v) is 6.69. The van der Waals surface area contributed by atoms with Gasteiger partial charge < -0.3 is 35.6 Å². The van der Waals surface area contributed by atoms with Crippen LogP contribution in [-0.2, 0) is 22.7 Å². The van der Waals surface area contributed by atoms with Gasteiger partial charge in [0.2, 0.25) is 5.95 Å². The van der Waals surface area contributed by atoms with Crippen molar-refractivity contribution in [3.05, 3.63) is 6.33 Å². The summed E-state index contributed by atoms with van der Waals surface area (Å²) >= 11 is 0. The number of phosphoric acid groups is 2. The highest BCUT2D eigenvalue weighted by atomic mass is 31.3. The molecule has 7 N–H and O–H groups in total. The first kappa shape index (κ1) is 22.5. The van der Waals surface area contributed by atoms with Crippen LogP contribution in [0, 0.1) is 0 Å². The Bertz CT molecular complexity index is 1080. The highest BCUT2D eigenvalue weighted by Gasteiger charge is 2.47. The number of aliphatic hydroxyl groups excluding tert-OH is 1. The lowest BCUT2D eigenvalue weighted by atomic mass is 10.1. The zero-order valence-corrected chi connectivity index (χ0v) is 17.3. The molecule has 1 saturated carbocycles. The first-order chi connectivity index (χ1) is 14.4. The normalized spacial score (nSPS) is 28.7. The summed E-state index contributed by atoms with van der Waals surface area (Å²) in [6.07, 6.45) is -3.61. The van der Waals surface area contributed by atoms with Gasteiger partial charge in [-0.2, -0.15) is 14.3 Å². The van der Waals surface area contributed by atoms with Crippen LogP contribution in [0.15, 0.2) is 6.33 Å². The molecule has 0 aromatic carbocycles. The molecular formula is C13H19FN6O9P2. The maximum Gasteiger partial charge on any atom is 0.481 e. The second-order valence-electron chi connectivity index (χ2n) is 7.01. The Morgan fingerprint density at radius 3 is 2.68 bits per heavy atom. The van der Waals surface area contributed by atoms with Gasteiger partial charge in [0.05, 0.1) is 12.9 Å². The number of ether oxygens (including phenoxy) is 1. The number of nitrogens with one attached hydrogen (secondary N) is 1. The molecule has 172 valence electrons. The predicted octanol–water partition coefficient (Wildman–Crippen LogP) is -0.195. The number of alkyl halides is 1. The van der Waals surface area contributed by atoms with Gasteiger partial charge in [0.15, 0.2) is 29.4 Å². The Balaban J connectivity index is 1.53. The van der Waals surface area contributed by atoms with Crippen LogP contribution in [-0.4, -0.2) is 70.3 Å². The molecule has 1 saturated heterocycles. The van der Waals surface area contributed by atoms with Crippen molar-refractivity contribution in [2.75, 3.05) is 17.7 Å². The number of hydrogen-bond donors (Lipinski definition) is 6. The number of phosphoric ester groups is 1. The third-order valence-electron chi connectivity index (χ3n) is 4.54. The van der Waals surface area contributed by atoms with Crippen LogP contribution in [0.25, 0.3) is 11.2 Å². The van der Waals surface area contributed by atoms with Crippen LogP contribution >= 0.6 is 15.6 Å². The minimum Gasteiger partial charge on any atom is -0.387 e. The number of hydrogen-bond acceptors (Lipinski definition) is 11. The van der Waals surface area contributed by atoms with E-state index in [1.807, 2.05) is 0 Å². The second-order valence-corrected chi connectivity index (χ2v) is 9.84. The van der Waals surface area contributed by atoms with Crippen molar-refractivity contribution in [3.63, 3.8) is 0 Å². The fourth-order valence-corrected chi connectivity index (χ4v) is 4.63. The van der Waals surface area contributed by atoms with E-state index < -0.39 is 46.9 Å². The first-order valence-corrected chi connectivity index (χ1v) is 11.9. The average Bonchev–Trinajstić information content (AvgIpc) is 3.28. The monoisotopic (exact) mass is 484 g/mol. The molecule has 1 unspecified atom stereocenters. The number of aliphatic hydroxyl groups is 1. The maximum atomic E-state index is 14.8. The molecule has 31 heavy (non-hydrogen) atoms. The van der Waals surface area contributed by atoms with E-state index in [0.29, 0.717) is 11.3 Å². The molecule has 4 rings (SSSR count). The van der Waals surface area contributed by atoms with Crippen LogP contribution in [0.5, 0.6) is 0 Å². The molecule has 2 fully saturated rings. The summed E-state index contributed by atoms with van der Waals surface area (Å²) < 4.78 is 51.7. The van der Waals surface area contributed by atoms with Crippen molar-refractivity contribution in [1.29, 1.82) is 0 Å². The molecule has 2 aromatic rings. The average molecular weight is 484 g/mol. The van der Waals surface area contributed by atoms with E-state index in [9.17, 15) is 23.5 Å². The summed E-state index contributed by atoms with van der Waals surface area (Å²) in [6, 6.07) is 0.229. The molecule has 1 aliphatic carbocycles. The molecule has 15 nitrogen and oxygen atoms in total. The Morgan fingerprint density at radius 2 is 2.03 bits per heavy atom. The van der Waals surface area contributed by atoms with E-state index in [0.717, 1.165) is 12.8 Å². The molecule has 2 aromatic heterocycles. The number of anilines is 2. The number of fused-ring (bicyclic) bond motifs is 1. The second kappa shape index (κ2) is 7.99. The fraction of sp³-hybridized carbons (Fsp3) is 0.615. The number of rotatable bonds is 8. The molecule has 0 amide bonds. The van der Waals surface area contributed by atoms with E-state index in [1.54, 1.807) is 0 Å². The summed E-state index contributed by atoms with van der Waals surface area (Å²) in [4.78, 5) is 38.9. The topological polar surface area (TPSA) is 224 Å². The van der Waals surface area contributed by atoms with E-state index >= 15 is 0 Å². The Morgan fingerprint density at radius 1 is 1.32 bits per heavy atom. The van der Waals surface area contributed by atoms with E-state index in [-0.39, 0.29) is 17.6 Å². The van der Waals surface area contributed by atoms with Crippen molar-refractivity contribution in [1.82, 2.24) is 19.5 Å². The predicted molar refractivity (Wildman–Crippen MR) is 100 cm³/mol. The summed E-state index contributed by atoms with van der Waals surface area (Å²) in [5.74, 6) is 0.274. The zero-order chi connectivity index (χ0) is 22.6. The van der Waals surface area contributed by atoms with Crippen LogP contribution in [0.4, 0.5) is 16.2 Å². The number of nitrogens with zero attached hydrogens (tertiary/aromatic N) is 4. The smallest absolute Gasteiger partial charge is 0.387 e. The summed E-state index contributed by atoms with van der Waals surface area (Å²) in [6.45, 7) is -0.899. The third kappa shape index (κ3) is 5.03. The Labute approximate surface area is 173 Å². The van der Waals surface area contributed by atoms with Crippen LogP contribution in [0.3, 0.4) is 0 Å². The number of nitrogens with two attached hydrogens (primary N) is 1. The van der Waals surface area contributed by atoms with Gasteiger partial charge in [-0.15, -0.1) is 0 Å². The number of halogens is 1. The molecule has 5 atom stereocenters. The Kier molecular flexibility index (Phi) is 5.79. The van der Waals surface area contributed by atoms with Crippen LogP contribution in [0.1, 0.15) is 19.1 Å². The minimum absolute atomic E-state index is 0.0953. The van der Waals surface area contributed by atoms with Gasteiger partial charge in [-0.05, 0) is 12.8 Å². The van der Waals surface area contributed by atoms with E-state index in [1.165, 1.54) is 10.9 Å². The minimum atomic E-state index is -5.33. The van der Waals surface area contributed by atoms with E-state index in [4.69, 9.17) is 20.3 Å². The highest BCUT2D eigenvalue weighted by Crippen LogP contribution is 2.57. The molecule has 1 aliphatic heterocycles. The highest BCUT2D eigenvalue weighted by molar-refractivity contribution is 7.60. The quantitative estimate of drug-likeness (QED) is 0.267. The van der Waals surface area contributed by atoms with Crippen LogP contribution < -0.4 is 11.1 Å². The van der Waals surface area contributed by atoms with Crippen molar-refractivity contribution < 1.29 is 46.9 Å². The fourth-order valence-electron chi connectivity index (χ4n) is 3.03. The van der Waals surface area contributed by atoms with Gasteiger partial charge in [-0.3, -0.25) is 9.09 Å². The lowest BCUT2D eigenvalue weighted by Gasteiger charge is -2.17. The van der Waals surface area contributed by atoms with Gasteiger partial charge in [0.1, 0.15) is 12.2 Å². The standard InChI is InChI=1S/C13H19FN6O9P2/c14-7-9(21)6(3-27-31(25,26)29-30(22,23)24)28-12(7)20-4-16-8-10(17-5-1-2-5)18-13(15)19-11(8)20/h4-7,9,12,21H,1-3H2,(H,25,26)(H2,22,23,24)(H3,15,17,18,19)/t6-,7+,9-,12-/m1/s1. The molecule has 0 spiro atoms. The molecule has 0 bridgehead atoms. The zero-order valence-electron chi connectivity index (χ0n) is 15.6.